The molecule has 0 aliphatic rings. The number of hydrogen-bond acceptors (Lipinski definition) is 4. The van der Waals surface area contributed by atoms with E-state index in [9.17, 15) is 14.4 Å². The summed E-state index contributed by atoms with van der Waals surface area (Å²) in [5.41, 5.74) is 5.76. The maximum atomic E-state index is 11.8. The molecule has 4 N–H and O–H groups in total. The van der Waals surface area contributed by atoms with Crippen molar-refractivity contribution in [1.82, 2.24) is 16.2 Å². The molecule has 7 nitrogen and oxygen atoms in total. The zero-order chi connectivity index (χ0) is 16.5. The predicted octanol–water partition coefficient (Wildman–Crippen LogP) is 1.08. The molecule has 0 fully saturated rings. The molecule has 0 spiro atoms. The van der Waals surface area contributed by atoms with Gasteiger partial charge in [-0.05, 0) is 42.9 Å². The third-order valence-electron chi connectivity index (χ3n) is 2.49. The summed E-state index contributed by atoms with van der Waals surface area (Å²) in [6.45, 7) is 3.23. The normalized spacial score (nSPS) is 9.55. The number of thiocarbonyl (C=S) groups is 1. The van der Waals surface area contributed by atoms with E-state index in [1.165, 1.54) is 6.92 Å². The van der Waals surface area contributed by atoms with Crippen molar-refractivity contribution in [3.8, 4) is 0 Å². The van der Waals surface area contributed by atoms with Crippen molar-refractivity contribution in [2.24, 2.45) is 0 Å². The summed E-state index contributed by atoms with van der Waals surface area (Å²) in [4.78, 5) is 34.0. The Labute approximate surface area is 133 Å². The fourth-order valence-corrected chi connectivity index (χ4v) is 1.73. The minimum atomic E-state index is -0.417. The number of anilines is 1. The first-order chi connectivity index (χ1) is 10.4. The lowest BCUT2D eigenvalue weighted by Gasteiger charge is -2.10. The second kappa shape index (κ2) is 8.73. The minimum absolute atomic E-state index is 0.00398. The van der Waals surface area contributed by atoms with Gasteiger partial charge in [-0.25, -0.2) is 0 Å². The molecule has 0 heterocycles. The summed E-state index contributed by atoms with van der Waals surface area (Å²) in [6.07, 6.45) is 1.22. The van der Waals surface area contributed by atoms with Gasteiger partial charge in [-0.2, -0.15) is 0 Å². The zero-order valence-electron chi connectivity index (χ0n) is 12.4. The van der Waals surface area contributed by atoms with Gasteiger partial charge in [0.25, 0.3) is 5.91 Å². The van der Waals surface area contributed by atoms with Crippen molar-refractivity contribution in [1.29, 1.82) is 0 Å². The van der Waals surface area contributed by atoms with Gasteiger partial charge in [0, 0.05) is 24.6 Å². The summed E-state index contributed by atoms with van der Waals surface area (Å²) in [7, 11) is 0. The van der Waals surface area contributed by atoms with E-state index in [0.717, 1.165) is 6.42 Å². The molecule has 1 aromatic carbocycles. The van der Waals surface area contributed by atoms with Gasteiger partial charge < -0.3 is 10.6 Å². The van der Waals surface area contributed by atoms with E-state index in [4.69, 9.17) is 12.2 Å². The quantitative estimate of drug-likeness (QED) is 0.491. The Bertz CT molecular complexity index is 572. The number of carbonyl (C=O) groups is 3. The third-order valence-corrected chi connectivity index (χ3v) is 2.69. The highest BCUT2D eigenvalue weighted by atomic mass is 32.1. The van der Waals surface area contributed by atoms with Crippen LogP contribution in [0.4, 0.5) is 5.69 Å². The first-order valence-corrected chi connectivity index (χ1v) is 7.11. The van der Waals surface area contributed by atoms with Crippen LogP contribution in [0.25, 0.3) is 0 Å². The molecule has 0 bridgehead atoms. The van der Waals surface area contributed by atoms with Gasteiger partial charge >= 0.3 is 0 Å². The fraction of sp³-hybridized carbons (Fsp3) is 0.286. The summed E-state index contributed by atoms with van der Waals surface area (Å²) in [5.74, 6) is -0.819. The number of nitrogens with one attached hydrogen (secondary N) is 4. The van der Waals surface area contributed by atoms with Crippen molar-refractivity contribution in [2.75, 3.05) is 5.32 Å². The summed E-state index contributed by atoms with van der Waals surface area (Å²) < 4.78 is 0. The van der Waals surface area contributed by atoms with Gasteiger partial charge in [0.2, 0.25) is 11.8 Å². The maximum Gasteiger partial charge on any atom is 0.269 e. The van der Waals surface area contributed by atoms with Crippen LogP contribution < -0.4 is 21.5 Å². The van der Waals surface area contributed by atoms with E-state index in [2.05, 4.69) is 21.5 Å². The average molecular weight is 322 g/mol. The van der Waals surface area contributed by atoms with E-state index in [1.54, 1.807) is 24.3 Å². The SMILES string of the molecule is CCCC(=O)Nc1ccc(C(=O)NNC(=S)NC(C)=O)cc1. The molecular formula is C14H18N4O3S. The first-order valence-electron chi connectivity index (χ1n) is 6.70. The molecule has 3 amide bonds. The summed E-state index contributed by atoms with van der Waals surface area (Å²) in [5, 5.41) is 5.04. The molecule has 0 atom stereocenters. The third kappa shape index (κ3) is 6.31. The van der Waals surface area contributed by atoms with Crippen molar-refractivity contribution in [3.05, 3.63) is 29.8 Å². The van der Waals surface area contributed by atoms with Crippen LogP contribution in [0.5, 0.6) is 0 Å². The molecule has 0 radical (unpaired) electrons. The average Bonchev–Trinajstić information content (AvgIpc) is 2.45. The number of benzene rings is 1. The Balaban J connectivity index is 2.51. The molecular weight excluding hydrogens is 304 g/mol. The van der Waals surface area contributed by atoms with E-state index in [-0.39, 0.29) is 16.9 Å². The molecule has 1 aromatic rings. The van der Waals surface area contributed by atoms with Gasteiger partial charge in [0.15, 0.2) is 5.11 Å². The monoisotopic (exact) mass is 322 g/mol. The van der Waals surface area contributed by atoms with Crippen LogP contribution in [0.2, 0.25) is 0 Å². The summed E-state index contributed by atoms with van der Waals surface area (Å²) >= 11 is 4.79. The lowest BCUT2D eigenvalue weighted by molar-refractivity contribution is -0.118. The Kier molecular flexibility index (Phi) is 6.97. The smallest absolute Gasteiger partial charge is 0.269 e. The highest BCUT2D eigenvalue weighted by molar-refractivity contribution is 7.80. The van der Waals surface area contributed by atoms with E-state index in [0.29, 0.717) is 17.7 Å². The topological polar surface area (TPSA) is 99.3 Å². The van der Waals surface area contributed by atoms with Crippen LogP contribution in [0.1, 0.15) is 37.0 Å². The van der Waals surface area contributed by atoms with Crippen LogP contribution in [0.3, 0.4) is 0 Å². The molecule has 0 saturated carbocycles. The van der Waals surface area contributed by atoms with Crippen molar-refractivity contribution in [3.63, 3.8) is 0 Å². The van der Waals surface area contributed by atoms with Crippen LogP contribution >= 0.6 is 12.2 Å². The van der Waals surface area contributed by atoms with E-state index >= 15 is 0 Å². The van der Waals surface area contributed by atoms with Crippen molar-refractivity contribution >= 4 is 40.7 Å². The molecule has 0 aliphatic carbocycles. The Morgan fingerprint density at radius 3 is 2.27 bits per heavy atom. The highest BCUT2D eigenvalue weighted by Crippen LogP contribution is 2.10. The number of rotatable bonds is 4. The summed E-state index contributed by atoms with van der Waals surface area (Å²) in [6, 6.07) is 6.41. The second-order valence-electron chi connectivity index (χ2n) is 4.46. The lowest BCUT2D eigenvalue weighted by atomic mass is 10.2. The standard InChI is InChI=1S/C14H18N4O3S/c1-3-4-12(20)16-11-7-5-10(6-8-11)13(21)17-18-14(22)15-9(2)19/h5-8H,3-4H2,1-2H3,(H,16,20)(H,17,21)(H2,15,18,19,22). The maximum absolute atomic E-state index is 11.8. The van der Waals surface area contributed by atoms with Crippen LogP contribution in [0, 0.1) is 0 Å². The van der Waals surface area contributed by atoms with E-state index in [1.807, 2.05) is 6.92 Å². The van der Waals surface area contributed by atoms with Gasteiger partial charge in [0.05, 0.1) is 0 Å². The van der Waals surface area contributed by atoms with Crippen molar-refractivity contribution < 1.29 is 14.4 Å². The molecule has 1 rings (SSSR count). The molecule has 0 saturated heterocycles. The molecule has 118 valence electrons. The van der Waals surface area contributed by atoms with Gasteiger partial charge in [-0.3, -0.25) is 25.2 Å². The highest BCUT2D eigenvalue weighted by Gasteiger charge is 2.07. The fourth-order valence-electron chi connectivity index (χ4n) is 1.53. The first kappa shape index (κ1) is 17.6. The van der Waals surface area contributed by atoms with E-state index < -0.39 is 5.91 Å². The van der Waals surface area contributed by atoms with Crippen LogP contribution in [0.15, 0.2) is 24.3 Å². The molecule has 22 heavy (non-hydrogen) atoms. The number of amides is 3. The number of hydrogen-bond donors (Lipinski definition) is 4. The molecule has 8 heteroatoms. The molecule has 0 aromatic heterocycles. The largest absolute Gasteiger partial charge is 0.326 e. The van der Waals surface area contributed by atoms with Gasteiger partial charge in [-0.15, -0.1) is 0 Å². The number of hydrazine groups is 1. The zero-order valence-corrected chi connectivity index (χ0v) is 13.2. The lowest BCUT2D eigenvalue weighted by Crippen LogP contribution is -2.47. The molecule has 0 aliphatic heterocycles. The van der Waals surface area contributed by atoms with Gasteiger partial charge in [-0.1, -0.05) is 6.92 Å². The Morgan fingerprint density at radius 1 is 1.09 bits per heavy atom. The van der Waals surface area contributed by atoms with Crippen LogP contribution in [-0.4, -0.2) is 22.8 Å². The molecule has 0 unspecified atom stereocenters. The minimum Gasteiger partial charge on any atom is -0.326 e. The Morgan fingerprint density at radius 2 is 1.73 bits per heavy atom. The Hall–Kier alpha value is -2.48. The second-order valence-corrected chi connectivity index (χ2v) is 4.87. The van der Waals surface area contributed by atoms with Crippen molar-refractivity contribution in [2.45, 2.75) is 26.7 Å². The predicted molar refractivity (Wildman–Crippen MR) is 87.0 cm³/mol. The number of carbonyl (C=O) groups excluding carboxylic acids is 3. The van der Waals surface area contributed by atoms with Gasteiger partial charge in [0.1, 0.15) is 0 Å². The van der Waals surface area contributed by atoms with Crippen LogP contribution in [-0.2, 0) is 9.59 Å².